The third kappa shape index (κ3) is 1.19. The summed E-state index contributed by atoms with van der Waals surface area (Å²) in [4.78, 5) is 8.29. The Balaban J connectivity index is 2.30. The molecule has 2 nitrogen and oxygen atoms in total. The maximum absolute atomic E-state index is 4.15. The maximum Gasteiger partial charge on any atom is 0.138 e. The van der Waals surface area contributed by atoms with Crippen molar-refractivity contribution in [1.82, 2.24) is 9.97 Å². The van der Waals surface area contributed by atoms with E-state index < -0.39 is 0 Å². The minimum absolute atomic E-state index is 0.288. The zero-order valence-electron chi connectivity index (χ0n) is 6.01. The Bertz CT molecular complexity index is 276. The highest BCUT2D eigenvalue weighted by Crippen LogP contribution is 2.17. The van der Waals surface area contributed by atoms with Crippen LogP contribution < -0.4 is 0 Å². The van der Waals surface area contributed by atoms with Gasteiger partial charge in [0.2, 0.25) is 0 Å². The molecule has 1 aromatic rings. The fourth-order valence-corrected chi connectivity index (χ4v) is 1.09. The molecule has 0 unspecified atom stereocenters. The normalized spacial score (nSPS) is 16.0. The topological polar surface area (TPSA) is 25.8 Å². The molecule has 0 spiro atoms. The average molecular weight is 144 g/mol. The van der Waals surface area contributed by atoms with Gasteiger partial charge in [-0.05, 0) is 6.07 Å². The molecule has 0 amide bonds. The molecule has 11 heavy (non-hydrogen) atoms. The molecule has 1 heterocycles. The Morgan fingerprint density at radius 1 is 1.00 bits per heavy atom. The molecule has 0 N–H and O–H groups in total. The molecule has 0 aromatic carbocycles. The Hall–Kier alpha value is -1.44. The van der Waals surface area contributed by atoms with Crippen molar-refractivity contribution in [2.24, 2.45) is 0 Å². The van der Waals surface area contributed by atoms with Crippen molar-refractivity contribution in [2.45, 2.75) is 5.92 Å². The summed E-state index contributed by atoms with van der Waals surface area (Å²) in [6.07, 6.45) is 11.7. The van der Waals surface area contributed by atoms with E-state index in [2.05, 4.69) is 22.1 Å². The minimum Gasteiger partial charge on any atom is -0.240 e. The Kier molecular flexibility index (Phi) is 1.52. The van der Waals surface area contributed by atoms with Crippen LogP contribution in [-0.2, 0) is 0 Å². The van der Waals surface area contributed by atoms with Gasteiger partial charge in [0, 0.05) is 12.4 Å². The second kappa shape index (κ2) is 2.66. The van der Waals surface area contributed by atoms with Crippen LogP contribution in [0, 0.1) is 0 Å². The molecular weight excluding hydrogens is 136 g/mol. The Morgan fingerprint density at radius 3 is 2.27 bits per heavy atom. The van der Waals surface area contributed by atoms with Crippen LogP contribution in [0.3, 0.4) is 0 Å². The van der Waals surface area contributed by atoms with Gasteiger partial charge in [-0.2, -0.15) is 0 Å². The van der Waals surface area contributed by atoms with Gasteiger partial charge < -0.3 is 0 Å². The molecule has 0 atom stereocenters. The third-order valence-electron chi connectivity index (χ3n) is 1.63. The summed E-state index contributed by atoms with van der Waals surface area (Å²) in [7, 11) is 0. The van der Waals surface area contributed by atoms with Gasteiger partial charge in [0.25, 0.3) is 0 Å². The predicted molar refractivity (Wildman–Crippen MR) is 43.1 cm³/mol. The van der Waals surface area contributed by atoms with Gasteiger partial charge in [-0.3, -0.25) is 0 Å². The molecule has 0 aliphatic heterocycles. The average Bonchev–Trinajstić information content (AvgIpc) is 2.58. The van der Waals surface area contributed by atoms with Gasteiger partial charge in [0.05, 0.1) is 5.92 Å². The van der Waals surface area contributed by atoms with Crippen molar-refractivity contribution in [3.63, 3.8) is 0 Å². The minimum atomic E-state index is 0.288. The molecule has 0 saturated carbocycles. The first-order chi connectivity index (χ1) is 5.47. The lowest BCUT2D eigenvalue weighted by Gasteiger charge is -2.00. The van der Waals surface area contributed by atoms with E-state index >= 15 is 0 Å². The molecular formula is C9H8N2. The van der Waals surface area contributed by atoms with Crippen LogP contribution in [0.1, 0.15) is 11.7 Å². The first kappa shape index (κ1) is 6.28. The van der Waals surface area contributed by atoms with Gasteiger partial charge in [-0.15, -0.1) is 0 Å². The fraction of sp³-hybridized carbons (Fsp3) is 0.111. The van der Waals surface area contributed by atoms with E-state index in [-0.39, 0.29) is 5.92 Å². The van der Waals surface area contributed by atoms with E-state index in [1.165, 1.54) is 0 Å². The molecule has 1 aliphatic carbocycles. The van der Waals surface area contributed by atoms with Crippen molar-refractivity contribution in [1.29, 1.82) is 0 Å². The van der Waals surface area contributed by atoms with Crippen molar-refractivity contribution in [3.8, 4) is 0 Å². The highest BCUT2D eigenvalue weighted by atomic mass is 14.9. The van der Waals surface area contributed by atoms with E-state index in [1.54, 1.807) is 12.4 Å². The van der Waals surface area contributed by atoms with Crippen molar-refractivity contribution >= 4 is 0 Å². The molecule has 2 heteroatoms. The van der Waals surface area contributed by atoms with E-state index in [0.717, 1.165) is 5.82 Å². The maximum atomic E-state index is 4.15. The highest BCUT2D eigenvalue weighted by Gasteiger charge is 2.07. The molecule has 54 valence electrons. The van der Waals surface area contributed by atoms with Gasteiger partial charge in [0.1, 0.15) is 5.82 Å². The summed E-state index contributed by atoms with van der Waals surface area (Å²) < 4.78 is 0. The smallest absolute Gasteiger partial charge is 0.138 e. The monoisotopic (exact) mass is 144 g/mol. The summed E-state index contributed by atoms with van der Waals surface area (Å²) >= 11 is 0. The summed E-state index contributed by atoms with van der Waals surface area (Å²) in [5, 5.41) is 0. The third-order valence-corrected chi connectivity index (χ3v) is 1.63. The molecule has 0 bridgehead atoms. The number of nitrogens with zero attached hydrogens (tertiary/aromatic N) is 2. The van der Waals surface area contributed by atoms with E-state index in [9.17, 15) is 0 Å². The van der Waals surface area contributed by atoms with Crippen LogP contribution in [0.25, 0.3) is 0 Å². The SMILES string of the molecule is C1=CC(c2ncccn2)C=C1. The highest BCUT2D eigenvalue weighted by molar-refractivity contribution is 5.26. The van der Waals surface area contributed by atoms with Gasteiger partial charge in [-0.25, -0.2) is 9.97 Å². The Morgan fingerprint density at radius 2 is 1.64 bits per heavy atom. The first-order valence-electron chi connectivity index (χ1n) is 3.59. The van der Waals surface area contributed by atoms with Crippen molar-refractivity contribution in [3.05, 3.63) is 48.6 Å². The van der Waals surface area contributed by atoms with Crippen LogP contribution in [-0.4, -0.2) is 9.97 Å². The van der Waals surface area contributed by atoms with Crippen LogP contribution in [0.15, 0.2) is 42.8 Å². The van der Waals surface area contributed by atoms with Gasteiger partial charge >= 0.3 is 0 Å². The van der Waals surface area contributed by atoms with E-state index in [1.807, 2.05) is 18.2 Å². The summed E-state index contributed by atoms with van der Waals surface area (Å²) in [5.41, 5.74) is 0. The lowest BCUT2D eigenvalue weighted by Crippen LogP contribution is -1.95. The summed E-state index contributed by atoms with van der Waals surface area (Å²) in [5.74, 6) is 1.16. The summed E-state index contributed by atoms with van der Waals surface area (Å²) in [6, 6.07) is 1.83. The molecule has 2 rings (SSSR count). The van der Waals surface area contributed by atoms with Crippen LogP contribution in [0.2, 0.25) is 0 Å². The second-order valence-corrected chi connectivity index (χ2v) is 2.40. The second-order valence-electron chi connectivity index (χ2n) is 2.40. The molecule has 1 aliphatic rings. The number of rotatable bonds is 1. The first-order valence-corrected chi connectivity index (χ1v) is 3.59. The zero-order chi connectivity index (χ0) is 7.52. The van der Waals surface area contributed by atoms with Crippen LogP contribution >= 0.6 is 0 Å². The molecule has 0 saturated heterocycles. The van der Waals surface area contributed by atoms with Crippen LogP contribution in [0.5, 0.6) is 0 Å². The number of hydrogen-bond acceptors (Lipinski definition) is 2. The Labute approximate surface area is 65.3 Å². The van der Waals surface area contributed by atoms with Gasteiger partial charge in [0.15, 0.2) is 0 Å². The van der Waals surface area contributed by atoms with E-state index in [0.29, 0.717) is 0 Å². The fourth-order valence-electron chi connectivity index (χ4n) is 1.09. The standard InChI is InChI=1S/C9H8N2/c1-2-5-8(4-1)9-10-6-3-7-11-9/h1-8H. The number of hydrogen-bond donors (Lipinski definition) is 0. The summed E-state index contributed by atoms with van der Waals surface area (Å²) in [6.45, 7) is 0. The molecule has 0 fully saturated rings. The van der Waals surface area contributed by atoms with Crippen LogP contribution in [0.4, 0.5) is 0 Å². The van der Waals surface area contributed by atoms with Crippen molar-refractivity contribution in [2.75, 3.05) is 0 Å². The quantitative estimate of drug-likeness (QED) is 0.599. The van der Waals surface area contributed by atoms with Crippen molar-refractivity contribution < 1.29 is 0 Å². The lowest BCUT2D eigenvalue weighted by atomic mass is 10.1. The largest absolute Gasteiger partial charge is 0.240 e. The zero-order valence-corrected chi connectivity index (χ0v) is 6.01. The molecule has 0 radical (unpaired) electrons. The lowest BCUT2D eigenvalue weighted by molar-refractivity contribution is 0.915. The van der Waals surface area contributed by atoms with Gasteiger partial charge in [-0.1, -0.05) is 24.3 Å². The number of aromatic nitrogens is 2. The predicted octanol–water partition coefficient (Wildman–Crippen LogP) is 1.69. The number of allylic oxidation sites excluding steroid dienone is 4. The molecule has 1 aromatic heterocycles. The van der Waals surface area contributed by atoms with E-state index in [4.69, 9.17) is 0 Å².